The second-order valence-corrected chi connectivity index (χ2v) is 8.34. The van der Waals surface area contributed by atoms with Crippen molar-refractivity contribution >= 4 is 29.1 Å². The Kier molecular flexibility index (Phi) is 5.37. The minimum atomic E-state index is -0.765. The molecule has 0 atom stereocenters. The molecule has 5 rings (SSSR count). The third-order valence-corrected chi connectivity index (χ3v) is 5.59. The predicted molar refractivity (Wildman–Crippen MR) is 119 cm³/mol. The number of hydrogen-bond acceptors (Lipinski definition) is 8. The van der Waals surface area contributed by atoms with E-state index in [9.17, 15) is 9.59 Å². The number of carbonyl (C=O) groups excluding carboxylic acids is 2. The third kappa shape index (κ3) is 4.76. The molecule has 3 heterocycles. The molecule has 0 spiro atoms. The second kappa shape index (κ2) is 8.49. The highest BCUT2D eigenvalue weighted by atomic mass is 16.6. The molecule has 0 aromatic carbocycles. The SMILES string of the molecule is CN(C(=O)c1nn(C)cc1NC(=O)Oc1nc(C2CC2)ccc1Nc1cncnc1)C1CC1. The van der Waals surface area contributed by atoms with Gasteiger partial charge in [-0.2, -0.15) is 5.10 Å². The number of ether oxygens (including phenoxy) is 1. The van der Waals surface area contributed by atoms with E-state index in [4.69, 9.17) is 4.74 Å². The summed E-state index contributed by atoms with van der Waals surface area (Å²) in [5, 5.41) is 10.0. The van der Waals surface area contributed by atoms with Crippen molar-refractivity contribution < 1.29 is 14.3 Å². The van der Waals surface area contributed by atoms with Gasteiger partial charge in [0.1, 0.15) is 12.0 Å². The molecular formula is C22H24N8O3. The van der Waals surface area contributed by atoms with Gasteiger partial charge in [0.25, 0.3) is 5.91 Å². The first-order valence-electron chi connectivity index (χ1n) is 10.8. The van der Waals surface area contributed by atoms with Crippen molar-refractivity contribution in [2.75, 3.05) is 17.7 Å². The molecule has 0 radical (unpaired) electrons. The minimum absolute atomic E-state index is 0.132. The Morgan fingerprint density at radius 1 is 1.12 bits per heavy atom. The van der Waals surface area contributed by atoms with Gasteiger partial charge in [0.2, 0.25) is 5.88 Å². The molecule has 2 amide bonds. The molecule has 11 nitrogen and oxygen atoms in total. The van der Waals surface area contributed by atoms with E-state index < -0.39 is 6.09 Å². The highest BCUT2D eigenvalue weighted by Crippen LogP contribution is 2.41. The summed E-state index contributed by atoms with van der Waals surface area (Å²) in [7, 11) is 3.43. The number of nitrogens with zero attached hydrogens (tertiary/aromatic N) is 6. The zero-order valence-corrected chi connectivity index (χ0v) is 18.4. The number of nitrogens with one attached hydrogen (secondary N) is 2. The Balaban J connectivity index is 1.35. The van der Waals surface area contributed by atoms with Crippen molar-refractivity contribution in [3.63, 3.8) is 0 Å². The fourth-order valence-electron chi connectivity index (χ4n) is 3.51. The summed E-state index contributed by atoms with van der Waals surface area (Å²) in [5.74, 6) is 0.270. The van der Waals surface area contributed by atoms with Crippen LogP contribution in [0.2, 0.25) is 0 Å². The maximum absolute atomic E-state index is 12.8. The van der Waals surface area contributed by atoms with E-state index in [2.05, 4.69) is 30.7 Å². The lowest BCUT2D eigenvalue weighted by Gasteiger charge is -2.16. The van der Waals surface area contributed by atoms with Gasteiger partial charge in [-0.15, -0.1) is 0 Å². The molecule has 3 aromatic heterocycles. The molecule has 2 fully saturated rings. The van der Waals surface area contributed by atoms with Crippen LogP contribution in [0.25, 0.3) is 0 Å². The lowest BCUT2D eigenvalue weighted by Crippen LogP contribution is -2.30. The summed E-state index contributed by atoms with van der Waals surface area (Å²) in [6, 6.07) is 3.96. The van der Waals surface area contributed by atoms with Crippen LogP contribution < -0.4 is 15.4 Å². The maximum Gasteiger partial charge on any atom is 0.418 e. The molecule has 2 aliphatic carbocycles. The fraction of sp³-hybridized carbons (Fsp3) is 0.364. The summed E-state index contributed by atoms with van der Waals surface area (Å²) in [5.41, 5.74) is 2.45. The quantitative estimate of drug-likeness (QED) is 0.565. The molecule has 3 aromatic rings. The molecule has 0 saturated heterocycles. The Morgan fingerprint density at radius 2 is 1.88 bits per heavy atom. The van der Waals surface area contributed by atoms with E-state index in [1.807, 2.05) is 12.1 Å². The first-order chi connectivity index (χ1) is 16.0. The van der Waals surface area contributed by atoms with Crippen molar-refractivity contribution in [2.24, 2.45) is 7.05 Å². The standard InChI is InChI=1S/C22H24N8O3/c1-29-11-18(19(28-29)21(31)30(2)15-5-6-15)27-22(32)33-20-17(25-14-9-23-12-24-10-14)8-7-16(26-20)13-3-4-13/h7-13,15,25H,3-6H2,1-2H3,(H,27,32). The van der Waals surface area contributed by atoms with Crippen LogP contribution in [0.15, 0.2) is 37.1 Å². The molecule has 2 N–H and O–H groups in total. The number of anilines is 3. The third-order valence-electron chi connectivity index (χ3n) is 5.59. The van der Waals surface area contributed by atoms with Gasteiger partial charge in [-0.05, 0) is 37.8 Å². The fourth-order valence-corrected chi connectivity index (χ4v) is 3.51. The van der Waals surface area contributed by atoms with E-state index in [1.165, 1.54) is 11.0 Å². The predicted octanol–water partition coefficient (Wildman–Crippen LogP) is 3.07. The zero-order chi connectivity index (χ0) is 22.9. The number of carbonyl (C=O) groups is 2. The Bertz CT molecular complexity index is 1190. The summed E-state index contributed by atoms with van der Waals surface area (Å²) < 4.78 is 7.06. The van der Waals surface area contributed by atoms with Crippen LogP contribution >= 0.6 is 0 Å². The summed E-state index contributed by atoms with van der Waals surface area (Å²) >= 11 is 0. The molecule has 2 saturated carbocycles. The van der Waals surface area contributed by atoms with Crippen molar-refractivity contribution in [1.82, 2.24) is 29.6 Å². The molecule has 33 heavy (non-hydrogen) atoms. The average Bonchev–Trinajstić information content (AvgIpc) is 3.72. The Labute approximate surface area is 190 Å². The highest BCUT2D eigenvalue weighted by Gasteiger charge is 2.33. The Hall–Kier alpha value is -4.02. The number of aromatic nitrogens is 5. The number of aryl methyl sites for hydroxylation is 1. The van der Waals surface area contributed by atoms with Gasteiger partial charge in [-0.3, -0.25) is 14.8 Å². The first-order valence-corrected chi connectivity index (χ1v) is 10.8. The van der Waals surface area contributed by atoms with Crippen LogP contribution in [0, 0.1) is 0 Å². The van der Waals surface area contributed by atoms with Gasteiger partial charge in [-0.25, -0.2) is 19.7 Å². The second-order valence-electron chi connectivity index (χ2n) is 8.34. The topological polar surface area (TPSA) is 127 Å². The smallest absolute Gasteiger partial charge is 0.389 e. The normalized spacial score (nSPS) is 15.1. The highest BCUT2D eigenvalue weighted by molar-refractivity contribution is 6.01. The molecule has 0 aliphatic heterocycles. The van der Waals surface area contributed by atoms with Crippen LogP contribution in [-0.2, 0) is 7.05 Å². The van der Waals surface area contributed by atoms with Crippen LogP contribution in [-0.4, -0.2) is 54.7 Å². The van der Waals surface area contributed by atoms with Crippen LogP contribution in [0.1, 0.15) is 47.8 Å². The van der Waals surface area contributed by atoms with Gasteiger partial charge >= 0.3 is 6.09 Å². The van der Waals surface area contributed by atoms with Crippen molar-refractivity contribution in [2.45, 2.75) is 37.6 Å². The summed E-state index contributed by atoms with van der Waals surface area (Å²) in [4.78, 5) is 39.8. The van der Waals surface area contributed by atoms with Gasteiger partial charge in [-0.1, -0.05) is 0 Å². The lowest BCUT2D eigenvalue weighted by molar-refractivity contribution is 0.0779. The van der Waals surface area contributed by atoms with E-state index in [0.717, 1.165) is 31.4 Å². The lowest BCUT2D eigenvalue weighted by atomic mass is 10.2. The molecule has 170 valence electrons. The molecule has 0 bridgehead atoms. The van der Waals surface area contributed by atoms with Crippen LogP contribution in [0.3, 0.4) is 0 Å². The average molecular weight is 448 g/mol. The van der Waals surface area contributed by atoms with E-state index in [1.54, 1.807) is 37.6 Å². The number of rotatable bonds is 7. The first kappa shape index (κ1) is 20.9. The minimum Gasteiger partial charge on any atom is -0.389 e. The van der Waals surface area contributed by atoms with E-state index >= 15 is 0 Å². The molecule has 11 heteroatoms. The largest absolute Gasteiger partial charge is 0.418 e. The van der Waals surface area contributed by atoms with Crippen LogP contribution in [0.4, 0.5) is 21.9 Å². The number of pyridine rings is 1. The van der Waals surface area contributed by atoms with E-state index in [-0.39, 0.29) is 29.2 Å². The number of hydrogen-bond donors (Lipinski definition) is 2. The van der Waals surface area contributed by atoms with Gasteiger partial charge < -0.3 is 15.0 Å². The van der Waals surface area contributed by atoms with Crippen molar-refractivity contribution in [3.05, 3.63) is 48.4 Å². The van der Waals surface area contributed by atoms with Gasteiger partial charge in [0.05, 0.1) is 23.8 Å². The summed E-state index contributed by atoms with van der Waals surface area (Å²) in [6.07, 6.45) is 9.53. The zero-order valence-electron chi connectivity index (χ0n) is 18.4. The van der Waals surface area contributed by atoms with Gasteiger partial charge in [0, 0.05) is 37.9 Å². The monoisotopic (exact) mass is 448 g/mol. The van der Waals surface area contributed by atoms with Crippen molar-refractivity contribution in [3.8, 4) is 5.88 Å². The maximum atomic E-state index is 12.8. The molecule has 2 aliphatic rings. The van der Waals surface area contributed by atoms with Gasteiger partial charge in [0.15, 0.2) is 5.69 Å². The molecular weight excluding hydrogens is 424 g/mol. The number of amides is 2. The van der Waals surface area contributed by atoms with Crippen LogP contribution in [0.5, 0.6) is 5.88 Å². The Morgan fingerprint density at radius 3 is 2.58 bits per heavy atom. The molecule has 0 unspecified atom stereocenters. The van der Waals surface area contributed by atoms with Crippen molar-refractivity contribution in [1.29, 1.82) is 0 Å². The van der Waals surface area contributed by atoms with E-state index in [0.29, 0.717) is 17.3 Å². The summed E-state index contributed by atoms with van der Waals surface area (Å²) in [6.45, 7) is 0.